The molecule has 4 nitrogen and oxygen atoms in total. The van der Waals surface area contributed by atoms with Crippen molar-refractivity contribution in [3.8, 4) is 0 Å². The second kappa shape index (κ2) is 11.9. The molecular formula is C23H32O4. The predicted molar refractivity (Wildman–Crippen MR) is 108 cm³/mol. The highest BCUT2D eigenvalue weighted by molar-refractivity contribution is 5.30. The standard InChI is InChI=1S/C23H32O4/c1-18(12-24)14-26-16-22-7-3-20(4-8-22)11-21-5-9-23(10-6-21)17-27-15-19(2)13-25/h3-10,18-19,24-25H,11-17H2,1-2H3. The Morgan fingerprint density at radius 1 is 0.630 bits per heavy atom. The van der Waals surface area contributed by atoms with Gasteiger partial charge in [-0.05, 0) is 28.7 Å². The molecule has 0 aliphatic carbocycles. The van der Waals surface area contributed by atoms with Crippen LogP contribution in [0.3, 0.4) is 0 Å². The lowest BCUT2D eigenvalue weighted by molar-refractivity contribution is 0.0695. The second-order valence-corrected chi connectivity index (χ2v) is 7.42. The molecule has 2 aromatic rings. The predicted octanol–water partition coefficient (Wildman–Crippen LogP) is 3.57. The number of ether oxygens (including phenoxy) is 2. The Balaban J connectivity index is 1.77. The van der Waals surface area contributed by atoms with Crippen molar-refractivity contribution in [2.45, 2.75) is 33.5 Å². The van der Waals surface area contributed by atoms with Crippen molar-refractivity contribution in [3.05, 3.63) is 70.8 Å². The van der Waals surface area contributed by atoms with Crippen LogP contribution in [-0.2, 0) is 29.1 Å². The van der Waals surface area contributed by atoms with E-state index in [1.807, 2.05) is 13.8 Å². The maximum atomic E-state index is 9.00. The molecule has 0 heterocycles. The van der Waals surface area contributed by atoms with Crippen LogP contribution in [0.25, 0.3) is 0 Å². The van der Waals surface area contributed by atoms with E-state index in [4.69, 9.17) is 19.7 Å². The molecule has 2 rings (SSSR count). The van der Waals surface area contributed by atoms with Gasteiger partial charge < -0.3 is 19.7 Å². The second-order valence-electron chi connectivity index (χ2n) is 7.42. The van der Waals surface area contributed by atoms with Crippen LogP contribution in [0.1, 0.15) is 36.1 Å². The van der Waals surface area contributed by atoms with Crippen molar-refractivity contribution < 1.29 is 19.7 Å². The number of aliphatic hydroxyl groups is 2. The Morgan fingerprint density at radius 2 is 0.963 bits per heavy atom. The lowest BCUT2D eigenvalue weighted by Gasteiger charge is -2.10. The van der Waals surface area contributed by atoms with Gasteiger partial charge in [0.15, 0.2) is 0 Å². The highest BCUT2D eigenvalue weighted by atomic mass is 16.5. The van der Waals surface area contributed by atoms with E-state index in [0.29, 0.717) is 26.4 Å². The van der Waals surface area contributed by atoms with Crippen molar-refractivity contribution in [3.63, 3.8) is 0 Å². The first-order valence-electron chi connectivity index (χ1n) is 9.63. The fourth-order valence-corrected chi connectivity index (χ4v) is 2.60. The quantitative estimate of drug-likeness (QED) is 0.598. The van der Waals surface area contributed by atoms with E-state index in [1.54, 1.807) is 0 Å². The van der Waals surface area contributed by atoms with Crippen molar-refractivity contribution in [1.29, 1.82) is 0 Å². The Labute approximate surface area is 162 Å². The van der Waals surface area contributed by atoms with Crippen LogP contribution < -0.4 is 0 Å². The van der Waals surface area contributed by atoms with Gasteiger partial charge >= 0.3 is 0 Å². The van der Waals surface area contributed by atoms with Gasteiger partial charge in [-0.3, -0.25) is 0 Å². The molecule has 0 aliphatic rings. The zero-order chi connectivity index (χ0) is 19.5. The SMILES string of the molecule is CC(CO)COCc1ccc(Cc2ccc(COCC(C)CO)cc2)cc1. The van der Waals surface area contributed by atoms with Gasteiger partial charge in [-0.25, -0.2) is 0 Å². The minimum atomic E-state index is 0.158. The van der Waals surface area contributed by atoms with E-state index < -0.39 is 0 Å². The number of hydrogen-bond donors (Lipinski definition) is 2. The van der Waals surface area contributed by atoms with Crippen LogP contribution >= 0.6 is 0 Å². The van der Waals surface area contributed by atoms with Gasteiger partial charge in [0.1, 0.15) is 0 Å². The summed E-state index contributed by atoms with van der Waals surface area (Å²) < 4.78 is 11.2. The molecule has 148 valence electrons. The largest absolute Gasteiger partial charge is 0.396 e. The zero-order valence-electron chi connectivity index (χ0n) is 16.4. The highest BCUT2D eigenvalue weighted by Gasteiger charge is 2.03. The molecule has 2 N–H and O–H groups in total. The maximum absolute atomic E-state index is 9.00. The van der Waals surface area contributed by atoms with Gasteiger partial charge in [-0.2, -0.15) is 0 Å². The molecule has 0 saturated heterocycles. The van der Waals surface area contributed by atoms with Crippen LogP contribution in [0, 0.1) is 11.8 Å². The van der Waals surface area contributed by atoms with E-state index in [0.717, 1.165) is 17.5 Å². The monoisotopic (exact) mass is 372 g/mol. The molecule has 0 bridgehead atoms. The lowest BCUT2D eigenvalue weighted by Crippen LogP contribution is -2.09. The molecule has 2 unspecified atom stereocenters. The third-order valence-corrected chi connectivity index (χ3v) is 4.42. The van der Waals surface area contributed by atoms with Crippen LogP contribution in [0.4, 0.5) is 0 Å². The summed E-state index contributed by atoms with van der Waals surface area (Å²) >= 11 is 0. The molecule has 0 aliphatic heterocycles. The van der Waals surface area contributed by atoms with Crippen molar-refractivity contribution in [2.75, 3.05) is 26.4 Å². The van der Waals surface area contributed by atoms with Crippen LogP contribution in [0.2, 0.25) is 0 Å². The van der Waals surface area contributed by atoms with E-state index in [2.05, 4.69) is 48.5 Å². The third-order valence-electron chi connectivity index (χ3n) is 4.42. The fraction of sp³-hybridized carbons (Fsp3) is 0.478. The van der Waals surface area contributed by atoms with E-state index >= 15 is 0 Å². The number of rotatable bonds is 12. The van der Waals surface area contributed by atoms with Gasteiger partial charge in [0.2, 0.25) is 0 Å². The minimum Gasteiger partial charge on any atom is -0.396 e. The summed E-state index contributed by atoms with van der Waals surface area (Å²) in [6.45, 7) is 6.56. The van der Waals surface area contributed by atoms with Crippen LogP contribution in [0.5, 0.6) is 0 Å². The molecule has 27 heavy (non-hydrogen) atoms. The van der Waals surface area contributed by atoms with Crippen molar-refractivity contribution in [2.24, 2.45) is 11.8 Å². The zero-order valence-corrected chi connectivity index (χ0v) is 16.4. The smallest absolute Gasteiger partial charge is 0.0717 e. The molecule has 0 saturated carbocycles. The fourth-order valence-electron chi connectivity index (χ4n) is 2.60. The van der Waals surface area contributed by atoms with Crippen molar-refractivity contribution in [1.82, 2.24) is 0 Å². The van der Waals surface area contributed by atoms with E-state index in [1.165, 1.54) is 11.1 Å². The molecule has 2 aromatic carbocycles. The molecule has 2 atom stereocenters. The lowest BCUT2D eigenvalue weighted by atomic mass is 10.0. The first-order valence-corrected chi connectivity index (χ1v) is 9.63. The minimum absolute atomic E-state index is 0.158. The van der Waals surface area contributed by atoms with Gasteiger partial charge in [0.05, 0.1) is 26.4 Å². The first-order chi connectivity index (χ1) is 13.1. The third kappa shape index (κ3) is 8.22. The Morgan fingerprint density at radius 3 is 1.30 bits per heavy atom. The number of hydrogen-bond acceptors (Lipinski definition) is 4. The first kappa shape index (κ1) is 21.6. The summed E-state index contributed by atoms with van der Waals surface area (Å²) in [7, 11) is 0. The number of benzene rings is 2. The van der Waals surface area contributed by atoms with Gasteiger partial charge in [0.25, 0.3) is 0 Å². The Kier molecular flexibility index (Phi) is 9.50. The molecule has 0 spiro atoms. The Bertz CT molecular complexity index is 579. The average molecular weight is 373 g/mol. The molecule has 0 amide bonds. The summed E-state index contributed by atoms with van der Waals surface area (Å²) in [6.07, 6.45) is 0.894. The topological polar surface area (TPSA) is 58.9 Å². The summed E-state index contributed by atoms with van der Waals surface area (Å²) in [6, 6.07) is 17.0. The Hall–Kier alpha value is -1.72. The highest BCUT2D eigenvalue weighted by Crippen LogP contribution is 2.14. The summed E-state index contributed by atoms with van der Waals surface area (Å²) in [5.41, 5.74) is 4.83. The molecule has 4 heteroatoms. The molecular weight excluding hydrogens is 340 g/mol. The van der Waals surface area contributed by atoms with Gasteiger partial charge in [-0.1, -0.05) is 62.4 Å². The summed E-state index contributed by atoms with van der Waals surface area (Å²) in [5, 5.41) is 18.0. The normalized spacial score (nSPS) is 13.5. The van der Waals surface area contributed by atoms with E-state index in [9.17, 15) is 0 Å². The van der Waals surface area contributed by atoms with Gasteiger partial charge in [-0.15, -0.1) is 0 Å². The number of aliphatic hydroxyl groups excluding tert-OH is 2. The molecule has 0 fully saturated rings. The van der Waals surface area contributed by atoms with Gasteiger partial charge in [0, 0.05) is 25.0 Å². The summed E-state index contributed by atoms with van der Waals surface area (Å²) in [4.78, 5) is 0. The maximum Gasteiger partial charge on any atom is 0.0717 e. The van der Waals surface area contributed by atoms with Crippen LogP contribution in [-0.4, -0.2) is 36.6 Å². The molecule has 0 aromatic heterocycles. The summed E-state index contributed by atoms with van der Waals surface area (Å²) in [5.74, 6) is 0.353. The van der Waals surface area contributed by atoms with E-state index in [-0.39, 0.29) is 25.0 Å². The average Bonchev–Trinajstić information content (AvgIpc) is 2.70. The van der Waals surface area contributed by atoms with Crippen LogP contribution in [0.15, 0.2) is 48.5 Å². The van der Waals surface area contributed by atoms with Crippen molar-refractivity contribution >= 4 is 0 Å². The molecule has 0 radical (unpaired) electrons.